The molecule has 3 rings (SSSR count). The highest BCUT2D eigenvalue weighted by molar-refractivity contribution is 5.99. The molecule has 2 amide bonds. The number of hydrogen-bond acceptors (Lipinski definition) is 3. The van der Waals surface area contributed by atoms with E-state index in [1.807, 2.05) is 37.3 Å². The summed E-state index contributed by atoms with van der Waals surface area (Å²) in [7, 11) is 1.54. The third kappa shape index (κ3) is 3.28. The van der Waals surface area contributed by atoms with Crippen LogP contribution in [0.15, 0.2) is 40.8 Å². The van der Waals surface area contributed by atoms with Crippen LogP contribution in [0.2, 0.25) is 0 Å². The Bertz CT molecular complexity index is 717. The molecule has 1 aliphatic carbocycles. The van der Waals surface area contributed by atoms with E-state index in [-0.39, 0.29) is 29.5 Å². The number of carbonyl (C=O) groups excluding carboxylic acids is 2. The summed E-state index contributed by atoms with van der Waals surface area (Å²) in [6.45, 7) is 1.97. The van der Waals surface area contributed by atoms with Crippen molar-refractivity contribution in [1.29, 1.82) is 0 Å². The fourth-order valence-electron chi connectivity index (χ4n) is 2.52. The first-order chi connectivity index (χ1) is 11.1. The zero-order valence-electron chi connectivity index (χ0n) is 13.3. The Morgan fingerprint density at radius 3 is 2.48 bits per heavy atom. The van der Waals surface area contributed by atoms with Crippen LogP contribution in [0.1, 0.15) is 57.9 Å². The molecule has 1 heterocycles. The summed E-state index contributed by atoms with van der Waals surface area (Å²) >= 11 is 0. The fourth-order valence-corrected chi connectivity index (χ4v) is 2.52. The van der Waals surface area contributed by atoms with Crippen LogP contribution in [0.3, 0.4) is 0 Å². The summed E-state index contributed by atoms with van der Waals surface area (Å²) in [5.41, 5.74) is 1.47. The van der Waals surface area contributed by atoms with E-state index in [0.717, 1.165) is 18.4 Å². The molecule has 0 unspecified atom stereocenters. The number of furan rings is 1. The van der Waals surface area contributed by atoms with Crippen molar-refractivity contribution in [2.24, 2.45) is 0 Å². The van der Waals surface area contributed by atoms with Crippen LogP contribution in [0.25, 0.3) is 0 Å². The average Bonchev–Trinajstić information content (AvgIpc) is 3.28. The Labute approximate surface area is 135 Å². The van der Waals surface area contributed by atoms with Gasteiger partial charge in [0.1, 0.15) is 5.76 Å². The number of rotatable bonds is 5. The van der Waals surface area contributed by atoms with Crippen molar-refractivity contribution < 1.29 is 14.0 Å². The van der Waals surface area contributed by atoms with Gasteiger partial charge in [0.25, 0.3) is 11.8 Å². The van der Waals surface area contributed by atoms with E-state index in [1.165, 1.54) is 13.1 Å². The summed E-state index contributed by atoms with van der Waals surface area (Å²) < 4.78 is 5.73. The van der Waals surface area contributed by atoms with Gasteiger partial charge < -0.3 is 15.1 Å². The molecule has 2 aromatic rings. The monoisotopic (exact) mass is 312 g/mol. The molecule has 0 spiro atoms. The Morgan fingerprint density at radius 1 is 1.17 bits per heavy atom. The molecule has 5 nitrogen and oxygen atoms in total. The summed E-state index contributed by atoms with van der Waals surface area (Å²) in [4.78, 5) is 24.3. The summed E-state index contributed by atoms with van der Waals surface area (Å²) in [6.07, 6.45) is 2.02. The Hall–Kier alpha value is -2.56. The van der Waals surface area contributed by atoms with Gasteiger partial charge in [0.05, 0.1) is 5.56 Å². The predicted octanol–water partition coefficient (Wildman–Crippen LogP) is 2.68. The zero-order valence-corrected chi connectivity index (χ0v) is 13.3. The van der Waals surface area contributed by atoms with Gasteiger partial charge in [-0.3, -0.25) is 9.59 Å². The second-order valence-electron chi connectivity index (χ2n) is 5.85. The lowest BCUT2D eigenvalue weighted by molar-refractivity contribution is 0.0928. The molecule has 1 aromatic carbocycles. The average molecular weight is 312 g/mol. The van der Waals surface area contributed by atoms with Crippen LogP contribution in [0.5, 0.6) is 0 Å². The first kappa shape index (κ1) is 15.3. The lowest BCUT2D eigenvalue weighted by Gasteiger charge is -2.11. The second-order valence-corrected chi connectivity index (χ2v) is 5.85. The minimum absolute atomic E-state index is 0.116. The topological polar surface area (TPSA) is 71.3 Å². The molecule has 0 bridgehead atoms. The third-order valence-corrected chi connectivity index (χ3v) is 4.06. The molecule has 2 N–H and O–H groups in total. The maximum Gasteiger partial charge on any atom is 0.286 e. The molecule has 1 atom stereocenters. The molecule has 1 aromatic heterocycles. The van der Waals surface area contributed by atoms with Crippen LogP contribution in [-0.2, 0) is 0 Å². The van der Waals surface area contributed by atoms with Gasteiger partial charge in [-0.25, -0.2) is 0 Å². The molecule has 1 saturated carbocycles. The second kappa shape index (κ2) is 6.28. The number of carbonyl (C=O) groups is 2. The molecule has 0 aliphatic heterocycles. The zero-order chi connectivity index (χ0) is 16.4. The highest BCUT2D eigenvalue weighted by Crippen LogP contribution is 2.30. The van der Waals surface area contributed by atoms with E-state index in [4.69, 9.17) is 4.42 Å². The van der Waals surface area contributed by atoms with Crippen LogP contribution in [0, 0.1) is 0 Å². The molecule has 1 fully saturated rings. The van der Waals surface area contributed by atoms with Crippen molar-refractivity contribution in [2.45, 2.75) is 31.7 Å². The van der Waals surface area contributed by atoms with E-state index in [2.05, 4.69) is 10.6 Å². The molecule has 1 aliphatic rings. The maximum absolute atomic E-state index is 12.5. The Morgan fingerprint density at radius 2 is 1.87 bits per heavy atom. The quantitative estimate of drug-likeness (QED) is 0.891. The normalized spacial score (nSPS) is 15.0. The van der Waals surface area contributed by atoms with Crippen LogP contribution < -0.4 is 10.6 Å². The predicted molar refractivity (Wildman–Crippen MR) is 86.5 cm³/mol. The summed E-state index contributed by atoms with van der Waals surface area (Å²) in [5.74, 6) is 0.0508. The fraction of sp³-hybridized carbons (Fsp3) is 0.333. The van der Waals surface area contributed by atoms with Gasteiger partial charge in [0.2, 0.25) is 0 Å². The maximum atomic E-state index is 12.5. The van der Waals surface area contributed by atoms with Gasteiger partial charge >= 0.3 is 0 Å². The Kier molecular flexibility index (Phi) is 4.19. The first-order valence-corrected chi connectivity index (χ1v) is 7.81. The minimum Gasteiger partial charge on any atom is -0.454 e. The van der Waals surface area contributed by atoms with Crippen molar-refractivity contribution >= 4 is 11.8 Å². The lowest BCUT2D eigenvalue weighted by Crippen LogP contribution is -2.26. The number of amides is 2. The van der Waals surface area contributed by atoms with Gasteiger partial charge in [0, 0.05) is 25.1 Å². The van der Waals surface area contributed by atoms with E-state index >= 15 is 0 Å². The van der Waals surface area contributed by atoms with Gasteiger partial charge in [-0.2, -0.15) is 0 Å². The van der Waals surface area contributed by atoms with E-state index in [0.29, 0.717) is 11.3 Å². The Balaban J connectivity index is 1.97. The van der Waals surface area contributed by atoms with Gasteiger partial charge in [-0.15, -0.1) is 0 Å². The highest BCUT2D eigenvalue weighted by atomic mass is 16.4. The molecule has 0 radical (unpaired) electrons. The smallest absolute Gasteiger partial charge is 0.286 e. The molecule has 120 valence electrons. The summed E-state index contributed by atoms with van der Waals surface area (Å²) in [6, 6.07) is 11.6. The first-order valence-electron chi connectivity index (χ1n) is 7.81. The van der Waals surface area contributed by atoms with Crippen molar-refractivity contribution in [2.75, 3.05) is 7.05 Å². The van der Waals surface area contributed by atoms with Crippen molar-refractivity contribution in [3.05, 3.63) is 59.0 Å². The van der Waals surface area contributed by atoms with Crippen molar-refractivity contribution in [3.63, 3.8) is 0 Å². The number of nitrogens with one attached hydrogen (secondary N) is 2. The standard InChI is InChI=1S/C18H20N2O3/c1-11(12-6-4-3-5-7-12)16-14(17(21)20-13-8-9-13)10-15(23-16)18(22)19-2/h3-7,10-11,13H,8-9H2,1-2H3,(H,19,22)(H,20,21)/t11-/m1/s1. The highest BCUT2D eigenvalue weighted by Gasteiger charge is 2.29. The molecular formula is C18H20N2O3. The van der Waals surface area contributed by atoms with Crippen LogP contribution >= 0.6 is 0 Å². The largest absolute Gasteiger partial charge is 0.454 e. The van der Waals surface area contributed by atoms with Crippen molar-refractivity contribution in [3.8, 4) is 0 Å². The lowest BCUT2D eigenvalue weighted by atomic mass is 9.96. The van der Waals surface area contributed by atoms with E-state index in [1.54, 1.807) is 0 Å². The third-order valence-electron chi connectivity index (χ3n) is 4.06. The molecule has 23 heavy (non-hydrogen) atoms. The SMILES string of the molecule is CNC(=O)c1cc(C(=O)NC2CC2)c([C@H](C)c2ccccc2)o1. The van der Waals surface area contributed by atoms with Gasteiger partial charge in [-0.05, 0) is 18.4 Å². The van der Waals surface area contributed by atoms with E-state index in [9.17, 15) is 9.59 Å². The van der Waals surface area contributed by atoms with Gasteiger partial charge in [-0.1, -0.05) is 37.3 Å². The number of benzene rings is 1. The van der Waals surface area contributed by atoms with Crippen LogP contribution in [-0.4, -0.2) is 24.9 Å². The minimum atomic E-state index is -0.336. The molecule has 5 heteroatoms. The van der Waals surface area contributed by atoms with Crippen LogP contribution in [0.4, 0.5) is 0 Å². The molecule has 0 saturated heterocycles. The summed E-state index contributed by atoms with van der Waals surface area (Å²) in [5, 5.41) is 5.48. The van der Waals surface area contributed by atoms with Crippen molar-refractivity contribution in [1.82, 2.24) is 10.6 Å². The van der Waals surface area contributed by atoms with E-state index < -0.39 is 0 Å². The number of hydrogen-bond donors (Lipinski definition) is 2. The van der Waals surface area contributed by atoms with Gasteiger partial charge in [0.15, 0.2) is 5.76 Å². The molecular weight excluding hydrogens is 292 g/mol.